The highest BCUT2D eigenvalue weighted by Gasteiger charge is 2.21. The van der Waals surface area contributed by atoms with Crippen LogP contribution in [-0.4, -0.2) is 29.0 Å². The van der Waals surface area contributed by atoms with Gasteiger partial charge in [0.15, 0.2) is 0 Å². The van der Waals surface area contributed by atoms with Crippen LogP contribution in [0.25, 0.3) is 0 Å². The highest BCUT2D eigenvalue weighted by molar-refractivity contribution is 5.49. The summed E-state index contributed by atoms with van der Waals surface area (Å²) in [5, 5.41) is 17.5. The van der Waals surface area contributed by atoms with Crippen LogP contribution in [-0.2, 0) is 0 Å². The molecule has 0 amide bonds. The van der Waals surface area contributed by atoms with Crippen molar-refractivity contribution in [3.8, 4) is 0 Å². The summed E-state index contributed by atoms with van der Waals surface area (Å²) in [6.45, 7) is 1.70. The first kappa shape index (κ1) is 13.7. The Labute approximate surface area is 112 Å². The highest BCUT2D eigenvalue weighted by Crippen LogP contribution is 2.24. The van der Waals surface area contributed by atoms with Crippen LogP contribution in [0.4, 0.5) is 11.5 Å². The van der Waals surface area contributed by atoms with Gasteiger partial charge in [0.2, 0.25) is 0 Å². The summed E-state index contributed by atoms with van der Waals surface area (Å²) in [6.07, 6.45) is 5.94. The van der Waals surface area contributed by atoms with Crippen molar-refractivity contribution in [2.24, 2.45) is 0 Å². The Balaban J connectivity index is 2.00. The van der Waals surface area contributed by atoms with E-state index in [1.165, 1.54) is 6.07 Å². The minimum absolute atomic E-state index is 0.126. The molecule has 1 saturated carbocycles. The van der Waals surface area contributed by atoms with E-state index in [-0.39, 0.29) is 10.6 Å². The molecule has 6 nitrogen and oxygen atoms in total. The normalized spacial score (nSPS) is 23.1. The summed E-state index contributed by atoms with van der Waals surface area (Å²) in [6, 6.07) is 2.48. The molecule has 0 atom stereocenters. The second-order valence-corrected chi connectivity index (χ2v) is 5.09. The van der Waals surface area contributed by atoms with E-state index >= 15 is 0 Å². The molecular formula is C13H20N4O2. The van der Waals surface area contributed by atoms with Gasteiger partial charge in [0, 0.05) is 23.8 Å². The fraction of sp³-hybridized carbons (Fsp3) is 0.615. The van der Waals surface area contributed by atoms with Gasteiger partial charge in [0.25, 0.3) is 5.69 Å². The molecule has 0 aliphatic heterocycles. The van der Waals surface area contributed by atoms with Gasteiger partial charge in [0.05, 0.1) is 11.0 Å². The standard InChI is InChI=1S/C13H20N4O2/c1-9-8-15-13(7-12(9)17(18)19)16-11-5-3-10(14-2)4-6-11/h7-8,10-11,14H,3-6H2,1-2H3,(H,15,16). The molecule has 1 aliphatic rings. The number of nitrogens with zero attached hydrogens (tertiary/aromatic N) is 2. The summed E-state index contributed by atoms with van der Waals surface area (Å²) in [4.78, 5) is 14.8. The van der Waals surface area contributed by atoms with Crippen molar-refractivity contribution in [3.05, 3.63) is 27.9 Å². The summed E-state index contributed by atoms with van der Waals surface area (Å²) in [5.74, 6) is 0.602. The van der Waals surface area contributed by atoms with Crippen molar-refractivity contribution in [2.45, 2.75) is 44.7 Å². The monoisotopic (exact) mass is 264 g/mol. The first-order valence-corrected chi connectivity index (χ1v) is 6.65. The van der Waals surface area contributed by atoms with Gasteiger partial charge >= 0.3 is 0 Å². The maximum atomic E-state index is 10.9. The Morgan fingerprint density at radius 2 is 1.95 bits per heavy atom. The Hall–Kier alpha value is -1.69. The molecule has 0 unspecified atom stereocenters. The second-order valence-electron chi connectivity index (χ2n) is 5.09. The average Bonchev–Trinajstić information content (AvgIpc) is 2.41. The summed E-state index contributed by atoms with van der Waals surface area (Å²) in [7, 11) is 1.99. The molecule has 1 aromatic heterocycles. The molecule has 0 radical (unpaired) electrons. The molecule has 2 N–H and O–H groups in total. The van der Waals surface area contributed by atoms with E-state index in [4.69, 9.17) is 0 Å². The number of anilines is 1. The van der Waals surface area contributed by atoms with E-state index in [0.717, 1.165) is 25.7 Å². The lowest BCUT2D eigenvalue weighted by Crippen LogP contribution is -2.35. The third kappa shape index (κ3) is 3.41. The summed E-state index contributed by atoms with van der Waals surface area (Å²) < 4.78 is 0. The minimum atomic E-state index is -0.361. The number of hydrogen-bond donors (Lipinski definition) is 2. The van der Waals surface area contributed by atoms with Crippen LogP contribution in [0.1, 0.15) is 31.2 Å². The van der Waals surface area contributed by atoms with Crippen molar-refractivity contribution >= 4 is 11.5 Å². The zero-order chi connectivity index (χ0) is 13.8. The van der Waals surface area contributed by atoms with Crippen LogP contribution >= 0.6 is 0 Å². The van der Waals surface area contributed by atoms with E-state index < -0.39 is 0 Å². The Kier molecular flexibility index (Phi) is 4.31. The number of aryl methyl sites for hydroxylation is 1. The Bertz CT molecular complexity index is 456. The van der Waals surface area contributed by atoms with E-state index in [2.05, 4.69) is 15.6 Å². The van der Waals surface area contributed by atoms with Crippen LogP contribution in [0.3, 0.4) is 0 Å². The van der Waals surface area contributed by atoms with Crippen LogP contribution in [0.2, 0.25) is 0 Å². The van der Waals surface area contributed by atoms with Crippen LogP contribution in [0, 0.1) is 17.0 Å². The largest absolute Gasteiger partial charge is 0.367 e. The molecule has 0 aromatic carbocycles. The molecule has 0 saturated heterocycles. The van der Waals surface area contributed by atoms with Gasteiger partial charge in [-0.1, -0.05) is 0 Å². The fourth-order valence-corrected chi connectivity index (χ4v) is 2.52. The fourth-order valence-electron chi connectivity index (χ4n) is 2.52. The van der Waals surface area contributed by atoms with Gasteiger partial charge in [-0.15, -0.1) is 0 Å². The molecule has 1 aromatic rings. The molecule has 1 aliphatic carbocycles. The number of nitrogens with one attached hydrogen (secondary N) is 2. The molecule has 104 valence electrons. The lowest BCUT2D eigenvalue weighted by Gasteiger charge is -2.29. The zero-order valence-corrected chi connectivity index (χ0v) is 11.3. The highest BCUT2D eigenvalue weighted by atomic mass is 16.6. The number of pyridine rings is 1. The molecule has 0 spiro atoms. The van der Waals surface area contributed by atoms with Gasteiger partial charge < -0.3 is 10.6 Å². The Morgan fingerprint density at radius 3 is 2.53 bits per heavy atom. The van der Waals surface area contributed by atoms with Crippen molar-refractivity contribution < 1.29 is 4.92 Å². The number of nitro groups is 1. The predicted octanol–water partition coefficient (Wildman–Crippen LogP) is 2.24. The lowest BCUT2D eigenvalue weighted by molar-refractivity contribution is -0.385. The molecular weight excluding hydrogens is 244 g/mol. The van der Waals surface area contributed by atoms with E-state index in [1.54, 1.807) is 13.1 Å². The molecule has 6 heteroatoms. The average molecular weight is 264 g/mol. The van der Waals surface area contributed by atoms with Crippen LogP contribution in [0.15, 0.2) is 12.3 Å². The Morgan fingerprint density at radius 1 is 1.32 bits per heavy atom. The first-order valence-electron chi connectivity index (χ1n) is 6.65. The minimum Gasteiger partial charge on any atom is -0.367 e. The summed E-state index contributed by atoms with van der Waals surface area (Å²) in [5.41, 5.74) is 0.718. The van der Waals surface area contributed by atoms with Gasteiger partial charge in [0.1, 0.15) is 5.82 Å². The third-order valence-electron chi connectivity index (χ3n) is 3.76. The van der Waals surface area contributed by atoms with E-state index in [0.29, 0.717) is 23.5 Å². The number of rotatable bonds is 4. The maximum absolute atomic E-state index is 10.9. The topological polar surface area (TPSA) is 80.1 Å². The first-order chi connectivity index (χ1) is 9.10. The maximum Gasteiger partial charge on any atom is 0.277 e. The molecule has 19 heavy (non-hydrogen) atoms. The SMILES string of the molecule is CNC1CCC(Nc2cc([N+](=O)[O-])c(C)cn2)CC1. The van der Waals surface area contributed by atoms with E-state index in [1.807, 2.05) is 7.05 Å². The number of aromatic nitrogens is 1. The van der Waals surface area contributed by atoms with Crippen LogP contribution < -0.4 is 10.6 Å². The molecule has 0 bridgehead atoms. The zero-order valence-electron chi connectivity index (χ0n) is 11.3. The van der Waals surface area contributed by atoms with Gasteiger partial charge in [-0.3, -0.25) is 10.1 Å². The molecule has 1 heterocycles. The van der Waals surface area contributed by atoms with Gasteiger partial charge in [-0.25, -0.2) is 4.98 Å². The van der Waals surface area contributed by atoms with Crippen molar-refractivity contribution in [3.63, 3.8) is 0 Å². The van der Waals surface area contributed by atoms with Gasteiger partial charge in [-0.05, 0) is 39.7 Å². The summed E-state index contributed by atoms with van der Waals surface area (Å²) >= 11 is 0. The lowest BCUT2D eigenvalue weighted by atomic mass is 9.91. The van der Waals surface area contributed by atoms with Crippen molar-refractivity contribution in [1.29, 1.82) is 0 Å². The molecule has 1 fully saturated rings. The van der Waals surface area contributed by atoms with Crippen LogP contribution in [0.5, 0.6) is 0 Å². The van der Waals surface area contributed by atoms with E-state index in [9.17, 15) is 10.1 Å². The predicted molar refractivity (Wildman–Crippen MR) is 74.4 cm³/mol. The second kappa shape index (κ2) is 5.97. The smallest absolute Gasteiger partial charge is 0.277 e. The quantitative estimate of drug-likeness (QED) is 0.644. The van der Waals surface area contributed by atoms with Crippen molar-refractivity contribution in [2.75, 3.05) is 12.4 Å². The van der Waals surface area contributed by atoms with Crippen molar-refractivity contribution in [1.82, 2.24) is 10.3 Å². The number of hydrogen-bond acceptors (Lipinski definition) is 5. The molecule has 2 rings (SSSR count). The third-order valence-corrected chi connectivity index (χ3v) is 3.76. The van der Waals surface area contributed by atoms with Gasteiger partial charge in [-0.2, -0.15) is 0 Å².